The number of carbonyl (C=O) groups is 1. The molecule has 5 nitrogen and oxygen atoms in total. The highest BCUT2D eigenvalue weighted by Crippen LogP contribution is 2.17. The first-order chi connectivity index (χ1) is 9.29. The number of hydrogen-bond donors (Lipinski definition) is 1. The number of halogens is 3. The molecular formula is C12H21F3N2O3. The normalized spacial score (nSPS) is 20.4. The van der Waals surface area contributed by atoms with Crippen LogP contribution in [0.25, 0.3) is 0 Å². The summed E-state index contributed by atoms with van der Waals surface area (Å²) in [6.07, 6.45) is -4.46. The van der Waals surface area contributed by atoms with Gasteiger partial charge in [-0.25, -0.2) is 4.79 Å². The molecule has 1 aliphatic rings. The number of carbonyl (C=O) groups excluding carboxylic acids is 1. The lowest BCUT2D eigenvalue weighted by Crippen LogP contribution is -2.40. The Labute approximate surface area is 116 Å². The zero-order valence-electron chi connectivity index (χ0n) is 11.5. The molecule has 1 rings (SSSR count). The van der Waals surface area contributed by atoms with Gasteiger partial charge in [0, 0.05) is 25.7 Å². The van der Waals surface area contributed by atoms with Crippen molar-refractivity contribution in [3.63, 3.8) is 0 Å². The van der Waals surface area contributed by atoms with E-state index in [0.717, 1.165) is 19.6 Å². The predicted octanol–water partition coefficient (Wildman–Crippen LogP) is 0.778. The highest BCUT2D eigenvalue weighted by molar-refractivity contribution is 5.75. The number of morpholine rings is 1. The van der Waals surface area contributed by atoms with Crippen LogP contribution in [-0.4, -0.2) is 62.5 Å². The molecule has 0 spiro atoms. The third kappa shape index (κ3) is 6.53. The van der Waals surface area contributed by atoms with E-state index in [1.807, 2.05) is 6.92 Å². The monoisotopic (exact) mass is 298 g/mol. The van der Waals surface area contributed by atoms with Crippen LogP contribution in [0.5, 0.6) is 0 Å². The Morgan fingerprint density at radius 2 is 2.00 bits per heavy atom. The molecule has 0 bridgehead atoms. The number of hydrogen-bond acceptors (Lipinski definition) is 5. The molecular weight excluding hydrogens is 277 g/mol. The zero-order chi connectivity index (χ0) is 15.2. The second-order valence-corrected chi connectivity index (χ2v) is 5.11. The molecule has 1 saturated heterocycles. The van der Waals surface area contributed by atoms with E-state index in [2.05, 4.69) is 9.64 Å². The summed E-state index contributed by atoms with van der Waals surface area (Å²) < 4.78 is 45.2. The molecule has 2 atom stereocenters. The smallest absolute Gasteiger partial charge is 0.457 e. The Kier molecular flexibility index (Phi) is 6.70. The van der Waals surface area contributed by atoms with Gasteiger partial charge >= 0.3 is 12.1 Å². The van der Waals surface area contributed by atoms with Crippen molar-refractivity contribution < 1.29 is 27.4 Å². The Morgan fingerprint density at radius 3 is 2.55 bits per heavy atom. The average molecular weight is 298 g/mol. The number of rotatable bonds is 6. The molecule has 0 aromatic carbocycles. The van der Waals surface area contributed by atoms with Gasteiger partial charge < -0.3 is 15.2 Å². The standard InChI is InChI=1S/C12H21F3N2O3/c1-9(7-17-2-4-19-5-3-17)6-10(16)8-20-11(18)12(13,14)15/h9-10H,2-8,16H2,1H3. The van der Waals surface area contributed by atoms with Gasteiger partial charge in [-0.1, -0.05) is 6.92 Å². The molecule has 118 valence electrons. The number of nitrogens with two attached hydrogens (primary N) is 1. The Bertz CT molecular complexity index is 307. The maximum atomic E-state index is 11.9. The van der Waals surface area contributed by atoms with Crippen molar-refractivity contribution >= 4 is 5.97 Å². The lowest BCUT2D eigenvalue weighted by atomic mass is 10.0. The van der Waals surface area contributed by atoms with Gasteiger partial charge in [-0.05, 0) is 12.3 Å². The van der Waals surface area contributed by atoms with Gasteiger partial charge in [0.25, 0.3) is 0 Å². The average Bonchev–Trinajstić information content (AvgIpc) is 2.35. The fourth-order valence-corrected chi connectivity index (χ4v) is 2.15. The summed E-state index contributed by atoms with van der Waals surface area (Å²) in [5, 5.41) is 0. The first kappa shape index (κ1) is 17.2. The van der Waals surface area contributed by atoms with Crippen LogP contribution in [0.1, 0.15) is 13.3 Å². The minimum absolute atomic E-state index is 0.215. The van der Waals surface area contributed by atoms with Crippen molar-refractivity contribution in [2.45, 2.75) is 25.6 Å². The molecule has 1 heterocycles. The van der Waals surface area contributed by atoms with E-state index < -0.39 is 24.8 Å². The van der Waals surface area contributed by atoms with Gasteiger partial charge in [-0.15, -0.1) is 0 Å². The summed E-state index contributed by atoms with van der Waals surface area (Å²) in [4.78, 5) is 12.8. The van der Waals surface area contributed by atoms with Crippen molar-refractivity contribution in [3.8, 4) is 0 Å². The second kappa shape index (κ2) is 7.80. The van der Waals surface area contributed by atoms with Crippen LogP contribution < -0.4 is 5.73 Å². The Morgan fingerprint density at radius 1 is 1.40 bits per heavy atom. The van der Waals surface area contributed by atoms with Gasteiger partial charge in [0.2, 0.25) is 0 Å². The van der Waals surface area contributed by atoms with Crippen LogP contribution in [0.2, 0.25) is 0 Å². The molecule has 0 aromatic rings. The molecule has 0 saturated carbocycles. The lowest BCUT2D eigenvalue weighted by molar-refractivity contribution is -0.200. The summed E-state index contributed by atoms with van der Waals surface area (Å²) in [6, 6.07) is -0.586. The largest absolute Gasteiger partial charge is 0.490 e. The van der Waals surface area contributed by atoms with Gasteiger partial charge in [0.1, 0.15) is 6.61 Å². The number of ether oxygens (including phenoxy) is 2. The van der Waals surface area contributed by atoms with E-state index in [4.69, 9.17) is 10.5 Å². The van der Waals surface area contributed by atoms with Crippen LogP contribution in [0.15, 0.2) is 0 Å². The van der Waals surface area contributed by atoms with Gasteiger partial charge in [-0.3, -0.25) is 4.90 Å². The van der Waals surface area contributed by atoms with E-state index in [-0.39, 0.29) is 5.92 Å². The third-order valence-electron chi connectivity index (χ3n) is 3.04. The Hall–Kier alpha value is -0.860. The van der Waals surface area contributed by atoms with E-state index in [9.17, 15) is 18.0 Å². The quantitative estimate of drug-likeness (QED) is 0.734. The van der Waals surface area contributed by atoms with Crippen LogP contribution >= 0.6 is 0 Å². The van der Waals surface area contributed by atoms with Crippen molar-refractivity contribution in [3.05, 3.63) is 0 Å². The van der Waals surface area contributed by atoms with E-state index in [0.29, 0.717) is 19.6 Å². The van der Waals surface area contributed by atoms with Gasteiger partial charge in [0.05, 0.1) is 13.2 Å². The molecule has 1 fully saturated rings. The maximum Gasteiger partial charge on any atom is 0.490 e. The van der Waals surface area contributed by atoms with Crippen molar-refractivity contribution in [2.75, 3.05) is 39.5 Å². The third-order valence-corrected chi connectivity index (χ3v) is 3.04. The first-order valence-corrected chi connectivity index (χ1v) is 6.58. The van der Waals surface area contributed by atoms with Crippen LogP contribution in [-0.2, 0) is 14.3 Å². The minimum Gasteiger partial charge on any atom is -0.457 e. The molecule has 8 heteroatoms. The lowest BCUT2D eigenvalue weighted by Gasteiger charge is -2.29. The summed E-state index contributed by atoms with van der Waals surface area (Å²) in [7, 11) is 0. The highest BCUT2D eigenvalue weighted by Gasteiger charge is 2.41. The summed E-state index contributed by atoms with van der Waals surface area (Å²) in [5.41, 5.74) is 5.68. The van der Waals surface area contributed by atoms with Crippen molar-refractivity contribution in [1.82, 2.24) is 4.90 Å². The fourth-order valence-electron chi connectivity index (χ4n) is 2.15. The molecule has 0 amide bonds. The first-order valence-electron chi connectivity index (χ1n) is 6.58. The highest BCUT2D eigenvalue weighted by atomic mass is 19.4. The SMILES string of the molecule is CC(CC(N)COC(=O)C(F)(F)F)CN1CCOCC1. The summed E-state index contributed by atoms with van der Waals surface area (Å²) in [5.74, 6) is -1.97. The fraction of sp³-hybridized carbons (Fsp3) is 0.917. The maximum absolute atomic E-state index is 11.9. The number of alkyl halides is 3. The van der Waals surface area contributed by atoms with E-state index in [1.54, 1.807) is 0 Å². The Balaban J connectivity index is 2.20. The topological polar surface area (TPSA) is 64.8 Å². The molecule has 20 heavy (non-hydrogen) atoms. The number of esters is 1. The number of nitrogens with zero attached hydrogens (tertiary/aromatic N) is 1. The van der Waals surface area contributed by atoms with Gasteiger partial charge in [0.15, 0.2) is 0 Å². The molecule has 2 N–H and O–H groups in total. The summed E-state index contributed by atoms with van der Waals surface area (Å²) >= 11 is 0. The molecule has 2 unspecified atom stereocenters. The minimum atomic E-state index is -4.96. The zero-order valence-corrected chi connectivity index (χ0v) is 11.5. The summed E-state index contributed by atoms with van der Waals surface area (Å²) in [6.45, 7) is 5.46. The molecule has 0 radical (unpaired) electrons. The van der Waals surface area contributed by atoms with Crippen molar-refractivity contribution in [1.29, 1.82) is 0 Å². The van der Waals surface area contributed by atoms with E-state index >= 15 is 0 Å². The second-order valence-electron chi connectivity index (χ2n) is 5.11. The van der Waals surface area contributed by atoms with Crippen LogP contribution in [0.3, 0.4) is 0 Å². The molecule has 0 aliphatic carbocycles. The predicted molar refractivity (Wildman–Crippen MR) is 66.0 cm³/mol. The molecule has 0 aromatic heterocycles. The van der Waals surface area contributed by atoms with Gasteiger partial charge in [-0.2, -0.15) is 13.2 Å². The van der Waals surface area contributed by atoms with Crippen LogP contribution in [0.4, 0.5) is 13.2 Å². The van der Waals surface area contributed by atoms with E-state index in [1.165, 1.54) is 0 Å². The molecule has 1 aliphatic heterocycles. The van der Waals surface area contributed by atoms with Crippen LogP contribution in [0, 0.1) is 5.92 Å². The van der Waals surface area contributed by atoms with Crippen molar-refractivity contribution in [2.24, 2.45) is 11.7 Å².